The topological polar surface area (TPSA) is 12.9 Å². The number of hydrogen-bond donors (Lipinski definition) is 0. The summed E-state index contributed by atoms with van der Waals surface area (Å²) in [5, 5.41) is 0. The van der Waals surface area contributed by atoms with Gasteiger partial charge in [-0.3, -0.25) is 0 Å². The van der Waals surface area contributed by atoms with Crippen LogP contribution in [0, 0.1) is 0 Å². The molecule has 1 nitrogen and oxygen atoms in total. The van der Waals surface area contributed by atoms with E-state index in [1.807, 2.05) is 12.1 Å². The Bertz CT molecular complexity index is 620. The van der Waals surface area contributed by atoms with Crippen LogP contribution < -0.4 is 0 Å². The van der Waals surface area contributed by atoms with Crippen LogP contribution in [0.25, 0.3) is 21.9 Å². The van der Waals surface area contributed by atoms with Crippen molar-refractivity contribution in [2.24, 2.45) is 0 Å². The van der Waals surface area contributed by atoms with E-state index in [9.17, 15) is 0 Å². The normalized spacial score (nSPS) is 11.3. The van der Waals surface area contributed by atoms with Crippen molar-refractivity contribution in [1.29, 1.82) is 0 Å². The summed E-state index contributed by atoms with van der Waals surface area (Å²) < 4.78 is 2.58. The van der Waals surface area contributed by atoms with Gasteiger partial charge < -0.3 is 0 Å². The molecule has 3 aromatic rings. The average molecular weight is 284 g/mol. The van der Waals surface area contributed by atoms with Crippen molar-refractivity contribution in [2.45, 2.75) is 0 Å². The van der Waals surface area contributed by atoms with Crippen molar-refractivity contribution >= 4 is 36.4 Å². The molecule has 0 atom stereocenters. The van der Waals surface area contributed by atoms with E-state index in [0.717, 1.165) is 5.52 Å². The monoisotopic (exact) mass is 285 g/mol. The van der Waals surface area contributed by atoms with E-state index in [2.05, 4.69) is 59.6 Å². The Morgan fingerprint density at radius 3 is 2.41 bits per heavy atom. The molecule has 1 heterocycles. The third-order valence-electron chi connectivity index (χ3n) is 2.53. The quantitative estimate of drug-likeness (QED) is 0.657. The molecular formula is C15H11NSe. The molecule has 3 rings (SSSR count). The van der Waals surface area contributed by atoms with Gasteiger partial charge in [-0.2, -0.15) is 0 Å². The maximum absolute atomic E-state index is 4.62. The van der Waals surface area contributed by atoms with Gasteiger partial charge in [-0.05, 0) is 0 Å². The Morgan fingerprint density at radius 2 is 1.59 bits per heavy atom. The van der Waals surface area contributed by atoms with Crippen molar-refractivity contribution in [2.75, 3.05) is 0 Å². The number of nitrogens with zero attached hydrogens (tertiary/aromatic N) is 1. The summed E-state index contributed by atoms with van der Waals surface area (Å²) in [4.78, 5) is 4.62. The van der Waals surface area contributed by atoms with E-state index in [1.54, 1.807) is 0 Å². The van der Waals surface area contributed by atoms with Crippen LogP contribution in [-0.4, -0.2) is 19.5 Å². The molecule has 0 bridgehead atoms. The van der Waals surface area contributed by atoms with Crippen molar-refractivity contribution in [3.63, 3.8) is 0 Å². The predicted octanol–water partition coefficient (Wildman–Crippen LogP) is 3.46. The second-order valence-electron chi connectivity index (χ2n) is 3.76. The first kappa shape index (κ1) is 10.5. The van der Waals surface area contributed by atoms with E-state index in [-0.39, 0.29) is 0 Å². The van der Waals surface area contributed by atoms with Crippen molar-refractivity contribution in [3.8, 4) is 0 Å². The van der Waals surface area contributed by atoms with Gasteiger partial charge in [-0.25, -0.2) is 0 Å². The van der Waals surface area contributed by atoms with E-state index >= 15 is 0 Å². The molecule has 0 aliphatic rings. The molecule has 0 radical (unpaired) electrons. The van der Waals surface area contributed by atoms with Gasteiger partial charge in [0.15, 0.2) is 0 Å². The molecule has 17 heavy (non-hydrogen) atoms. The SMILES string of the molecule is C(=Cc1nc2ccccc2[se]1)c1ccccc1. The maximum atomic E-state index is 4.62. The van der Waals surface area contributed by atoms with Crippen LogP contribution in [0.4, 0.5) is 0 Å². The minimum atomic E-state index is 0.363. The summed E-state index contributed by atoms with van der Waals surface area (Å²) >= 11 is 0.363. The molecule has 82 valence electrons. The van der Waals surface area contributed by atoms with Crippen LogP contribution in [-0.2, 0) is 0 Å². The molecule has 0 aliphatic heterocycles. The van der Waals surface area contributed by atoms with Gasteiger partial charge in [0, 0.05) is 0 Å². The molecule has 0 N–H and O–H groups in total. The van der Waals surface area contributed by atoms with E-state index in [1.165, 1.54) is 14.4 Å². The number of rotatable bonds is 2. The fourth-order valence-electron chi connectivity index (χ4n) is 1.69. The van der Waals surface area contributed by atoms with Crippen molar-refractivity contribution in [3.05, 3.63) is 64.7 Å². The average Bonchev–Trinajstić information content (AvgIpc) is 2.80. The van der Waals surface area contributed by atoms with E-state index in [4.69, 9.17) is 0 Å². The van der Waals surface area contributed by atoms with Gasteiger partial charge in [0.2, 0.25) is 0 Å². The molecule has 2 heteroatoms. The standard InChI is InChI=1S/C15H11NSe/c1-2-6-12(7-3-1)10-11-15-16-13-8-4-5-9-14(13)17-15/h1-11H. The Hall–Kier alpha value is -1.63. The van der Waals surface area contributed by atoms with Gasteiger partial charge >= 0.3 is 106 Å². The summed E-state index contributed by atoms with van der Waals surface area (Å²) in [5.41, 5.74) is 2.36. The van der Waals surface area contributed by atoms with Crippen LogP contribution in [0.1, 0.15) is 10.1 Å². The predicted molar refractivity (Wildman–Crippen MR) is 74.1 cm³/mol. The van der Waals surface area contributed by atoms with Gasteiger partial charge in [0.1, 0.15) is 0 Å². The first-order chi connectivity index (χ1) is 8.42. The zero-order chi connectivity index (χ0) is 11.5. The van der Waals surface area contributed by atoms with E-state index < -0.39 is 0 Å². The Kier molecular flexibility index (Phi) is 2.91. The zero-order valence-corrected chi connectivity index (χ0v) is 10.9. The second kappa shape index (κ2) is 4.70. The number of aromatic nitrogens is 1. The van der Waals surface area contributed by atoms with Crippen LogP contribution >= 0.6 is 0 Å². The summed E-state index contributed by atoms with van der Waals surface area (Å²) in [6.07, 6.45) is 4.27. The number of fused-ring (bicyclic) bond motifs is 1. The van der Waals surface area contributed by atoms with Gasteiger partial charge in [0.25, 0.3) is 0 Å². The Labute approximate surface area is 106 Å². The third-order valence-corrected chi connectivity index (χ3v) is 4.63. The van der Waals surface area contributed by atoms with E-state index in [0.29, 0.717) is 14.5 Å². The molecule has 0 fully saturated rings. The fraction of sp³-hybridized carbons (Fsp3) is 0. The Balaban J connectivity index is 1.92. The Morgan fingerprint density at radius 1 is 0.824 bits per heavy atom. The second-order valence-corrected chi connectivity index (χ2v) is 5.99. The molecule has 1 aromatic heterocycles. The van der Waals surface area contributed by atoms with Crippen LogP contribution in [0.15, 0.2) is 54.6 Å². The fourth-order valence-corrected chi connectivity index (χ4v) is 3.52. The number of benzene rings is 2. The van der Waals surface area contributed by atoms with Gasteiger partial charge in [-0.15, -0.1) is 0 Å². The first-order valence-corrected chi connectivity index (χ1v) is 7.22. The molecule has 0 saturated carbocycles. The molecular weight excluding hydrogens is 273 g/mol. The molecule has 0 saturated heterocycles. The molecule has 2 aromatic carbocycles. The minimum absolute atomic E-state index is 0.363. The summed E-state index contributed by atoms with van der Waals surface area (Å²) in [7, 11) is 0. The van der Waals surface area contributed by atoms with Crippen LogP contribution in [0.2, 0.25) is 0 Å². The van der Waals surface area contributed by atoms with Gasteiger partial charge in [-0.1, -0.05) is 0 Å². The summed E-state index contributed by atoms with van der Waals surface area (Å²) in [6.45, 7) is 0. The van der Waals surface area contributed by atoms with Crippen molar-refractivity contribution < 1.29 is 0 Å². The van der Waals surface area contributed by atoms with Crippen LogP contribution in [0.3, 0.4) is 0 Å². The molecule has 0 amide bonds. The molecule has 0 spiro atoms. The zero-order valence-electron chi connectivity index (χ0n) is 9.21. The van der Waals surface area contributed by atoms with Gasteiger partial charge in [0.05, 0.1) is 0 Å². The molecule has 0 unspecified atom stereocenters. The first-order valence-electron chi connectivity index (χ1n) is 5.50. The van der Waals surface area contributed by atoms with Crippen LogP contribution in [0.5, 0.6) is 0 Å². The summed E-state index contributed by atoms with van der Waals surface area (Å²) in [5.74, 6) is 0. The third kappa shape index (κ3) is 2.38. The summed E-state index contributed by atoms with van der Waals surface area (Å²) in [6, 6.07) is 18.7. The number of para-hydroxylation sites is 1. The van der Waals surface area contributed by atoms with Crippen molar-refractivity contribution in [1.82, 2.24) is 4.98 Å². The number of hydrogen-bond acceptors (Lipinski definition) is 1. The molecule has 0 aliphatic carbocycles.